The van der Waals surface area contributed by atoms with Gasteiger partial charge in [-0.1, -0.05) is 12.1 Å². The molecule has 1 aliphatic heterocycles. The van der Waals surface area contributed by atoms with Gasteiger partial charge in [0, 0.05) is 6.54 Å². The first-order valence-corrected chi connectivity index (χ1v) is 5.73. The van der Waals surface area contributed by atoms with Crippen molar-refractivity contribution in [3.8, 4) is 0 Å². The summed E-state index contributed by atoms with van der Waals surface area (Å²) in [5.74, 6) is -1.04. The molecular formula is C13H12F3NO2. The number of hydrogen-bond acceptors (Lipinski definition) is 2. The quantitative estimate of drug-likeness (QED) is 0.869. The number of halogens is 3. The van der Waals surface area contributed by atoms with Gasteiger partial charge in [-0.2, -0.15) is 13.2 Å². The van der Waals surface area contributed by atoms with Crippen LogP contribution in [0.3, 0.4) is 0 Å². The zero-order chi connectivity index (χ0) is 14.0. The third-order valence-electron chi connectivity index (χ3n) is 3.04. The first kappa shape index (κ1) is 13.6. The molecule has 0 amide bonds. The van der Waals surface area contributed by atoms with Crippen LogP contribution in [-0.2, 0) is 11.0 Å². The fourth-order valence-electron chi connectivity index (χ4n) is 2.07. The zero-order valence-corrected chi connectivity index (χ0v) is 9.92. The minimum atomic E-state index is -4.38. The van der Waals surface area contributed by atoms with E-state index >= 15 is 0 Å². The van der Waals surface area contributed by atoms with Crippen molar-refractivity contribution in [3.63, 3.8) is 0 Å². The highest BCUT2D eigenvalue weighted by atomic mass is 19.4. The summed E-state index contributed by atoms with van der Waals surface area (Å²) < 4.78 is 37.4. The second kappa shape index (κ2) is 5.05. The SMILES string of the molecule is O=C(O)C1=C(c2ccc(C(F)(F)F)cc2)CCNC1. The van der Waals surface area contributed by atoms with Gasteiger partial charge < -0.3 is 10.4 Å². The summed E-state index contributed by atoms with van der Waals surface area (Å²) in [7, 11) is 0. The molecule has 1 aromatic carbocycles. The lowest BCUT2D eigenvalue weighted by molar-refractivity contribution is -0.137. The van der Waals surface area contributed by atoms with Gasteiger partial charge in [0.2, 0.25) is 0 Å². The minimum Gasteiger partial charge on any atom is -0.478 e. The van der Waals surface area contributed by atoms with Crippen LogP contribution in [0.1, 0.15) is 17.5 Å². The minimum absolute atomic E-state index is 0.214. The monoisotopic (exact) mass is 271 g/mol. The molecule has 0 saturated heterocycles. The van der Waals surface area contributed by atoms with E-state index in [1.165, 1.54) is 12.1 Å². The fourth-order valence-corrected chi connectivity index (χ4v) is 2.07. The summed E-state index contributed by atoms with van der Waals surface area (Å²) in [6.07, 6.45) is -3.89. The topological polar surface area (TPSA) is 49.3 Å². The third kappa shape index (κ3) is 2.96. The van der Waals surface area contributed by atoms with E-state index < -0.39 is 17.7 Å². The lowest BCUT2D eigenvalue weighted by Crippen LogP contribution is -2.28. The van der Waals surface area contributed by atoms with Gasteiger partial charge in [-0.25, -0.2) is 4.79 Å². The van der Waals surface area contributed by atoms with Crippen LogP contribution < -0.4 is 5.32 Å². The maximum atomic E-state index is 12.5. The summed E-state index contributed by atoms with van der Waals surface area (Å²) in [6.45, 7) is 0.846. The van der Waals surface area contributed by atoms with Crippen LogP contribution in [-0.4, -0.2) is 24.2 Å². The molecule has 1 heterocycles. The number of nitrogens with one attached hydrogen (secondary N) is 1. The normalized spacial score (nSPS) is 16.6. The summed E-state index contributed by atoms with van der Waals surface area (Å²) in [5, 5.41) is 12.0. The molecule has 0 fully saturated rings. The Balaban J connectivity index is 2.38. The van der Waals surface area contributed by atoms with Gasteiger partial charge in [0.05, 0.1) is 11.1 Å². The van der Waals surface area contributed by atoms with Gasteiger partial charge in [-0.15, -0.1) is 0 Å². The second-order valence-corrected chi connectivity index (χ2v) is 4.26. The van der Waals surface area contributed by atoms with Crippen molar-refractivity contribution in [2.75, 3.05) is 13.1 Å². The number of carboxylic acid groups (broad SMARTS) is 1. The molecule has 0 radical (unpaired) electrons. The number of carbonyl (C=O) groups is 1. The van der Waals surface area contributed by atoms with Crippen molar-refractivity contribution in [2.24, 2.45) is 0 Å². The first-order chi connectivity index (χ1) is 8.89. The number of hydrogen-bond donors (Lipinski definition) is 2. The molecule has 0 saturated carbocycles. The van der Waals surface area contributed by atoms with Crippen molar-refractivity contribution in [3.05, 3.63) is 41.0 Å². The van der Waals surface area contributed by atoms with E-state index in [4.69, 9.17) is 5.11 Å². The summed E-state index contributed by atoms with van der Waals surface area (Å²) >= 11 is 0. The van der Waals surface area contributed by atoms with Crippen molar-refractivity contribution in [1.29, 1.82) is 0 Å². The zero-order valence-electron chi connectivity index (χ0n) is 9.92. The molecule has 6 heteroatoms. The molecule has 0 spiro atoms. The fraction of sp³-hybridized carbons (Fsp3) is 0.308. The highest BCUT2D eigenvalue weighted by Gasteiger charge is 2.30. The number of aliphatic carboxylic acids is 1. The average molecular weight is 271 g/mol. The predicted molar refractivity (Wildman–Crippen MR) is 63.5 cm³/mol. The van der Waals surface area contributed by atoms with E-state index in [1.807, 2.05) is 0 Å². The van der Waals surface area contributed by atoms with Gasteiger partial charge >= 0.3 is 12.1 Å². The van der Waals surface area contributed by atoms with Gasteiger partial charge in [-0.3, -0.25) is 0 Å². The molecule has 1 aromatic rings. The van der Waals surface area contributed by atoms with E-state index in [9.17, 15) is 18.0 Å². The average Bonchev–Trinajstić information content (AvgIpc) is 2.38. The van der Waals surface area contributed by atoms with Crippen LogP contribution in [0.4, 0.5) is 13.2 Å². The number of carboxylic acids is 1. The Morgan fingerprint density at radius 3 is 2.37 bits per heavy atom. The molecule has 0 unspecified atom stereocenters. The van der Waals surface area contributed by atoms with Crippen LogP contribution in [0.2, 0.25) is 0 Å². The molecule has 2 rings (SSSR count). The van der Waals surface area contributed by atoms with E-state index in [1.54, 1.807) is 0 Å². The van der Waals surface area contributed by atoms with Gasteiger partial charge in [0.15, 0.2) is 0 Å². The number of alkyl halides is 3. The third-order valence-corrected chi connectivity index (χ3v) is 3.04. The number of rotatable bonds is 2. The van der Waals surface area contributed by atoms with E-state index in [-0.39, 0.29) is 12.1 Å². The Kier molecular flexibility index (Phi) is 3.61. The molecule has 102 valence electrons. The van der Waals surface area contributed by atoms with Gasteiger partial charge in [0.25, 0.3) is 0 Å². The number of benzene rings is 1. The highest BCUT2D eigenvalue weighted by Crippen LogP contribution is 2.31. The molecule has 19 heavy (non-hydrogen) atoms. The maximum Gasteiger partial charge on any atom is 0.416 e. The largest absolute Gasteiger partial charge is 0.478 e. The molecule has 3 nitrogen and oxygen atoms in total. The van der Waals surface area contributed by atoms with Crippen molar-refractivity contribution < 1.29 is 23.1 Å². The Morgan fingerprint density at radius 2 is 1.84 bits per heavy atom. The van der Waals surface area contributed by atoms with Crippen LogP contribution in [0, 0.1) is 0 Å². The first-order valence-electron chi connectivity index (χ1n) is 5.73. The Hall–Kier alpha value is -1.82. The summed E-state index contributed by atoms with van der Waals surface area (Å²) in [4.78, 5) is 11.1. The Labute approximate surface area is 107 Å². The van der Waals surface area contributed by atoms with Crippen LogP contribution in [0.15, 0.2) is 29.8 Å². The molecule has 0 atom stereocenters. The van der Waals surface area contributed by atoms with E-state index in [0.717, 1.165) is 12.1 Å². The molecule has 0 aliphatic carbocycles. The van der Waals surface area contributed by atoms with Crippen LogP contribution in [0.5, 0.6) is 0 Å². The summed E-state index contributed by atoms with van der Waals surface area (Å²) in [5.41, 5.74) is 0.612. The van der Waals surface area contributed by atoms with Crippen molar-refractivity contribution >= 4 is 11.5 Å². The Bertz CT molecular complexity index is 518. The molecule has 2 N–H and O–H groups in total. The van der Waals surface area contributed by atoms with Crippen molar-refractivity contribution in [2.45, 2.75) is 12.6 Å². The summed E-state index contributed by atoms with van der Waals surface area (Å²) in [6, 6.07) is 4.60. The smallest absolute Gasteiger partial charge is 0.416 e. The van der Waals surface area contributed by atoms with Gasteiger partial charge in [0.1, 0.15) is 0 Å². The lowest BCUT2D eigenvalue weighted by atomic mass is 9.93. The molecular weight excluding hydrogens is 259 g/mol. The lowest BCUT2D eigenvalue weighted by Gasteiger charge is -2.19. The molecule has 0 bridgehead atoms. The highest BCUT2D eigenvalue weighted by molar-refractivity contribution is 5.97. The second-order valence-electron chi connectivity index (χ2n) is 4.26. The van der Waals surface area contributed by atoms with Crippen LogP contribution in [0.25, 0.3) is 5.57 Å². The van der Waals surface area contributed by atoms with E-state index in [2.05, 4.69) is 5.32 Å². The van der Waals surface area contributed by atoms with E-state index in [0.29, 0.717) is 24.1 Å². The van der Waals surface area contributed by atoms with Crippen molar-refractivity contribution in [1.82, 2.24) is 5.32 Å². The maximum absolute atomic E-state index is 12.5. The molecule has 0 aromatic heterocycles. The Morgan fingerprint density at radius 1 is 1.21 bits per heavy atom. The predicted octanol–water partition coefficient (Wildman–Crippen LogP) is 2.54. The van der Waals surface area contributed by atoms with Gasteiger partial charge in [-0.05, 0) is 36.2 Å². The van der Waals surface area contributed by atoms with Crippen LogP contribution >= 0.6 is 0 Å². The molecule has 1 aliphatic rings. The standard InChI is InChI=1S/C13H12F3NO2/c14-13(15,16)9-3-1-8(2-4-9)10-5-6-17-7-11(10)12(18)19/h1-4,17H,5-7H2,(H,18,19).